The molecule has 1 saturated heterocycles. The highest BCUT2D eigenvalue weighted by molar-refractivity contribution is 5.95. The number of rotatable bonds is 5. The molecule has 3 amide bonds. The van der Waals surface area contributed by atoms with Crippen LogP contribution in [0.2, 0.25) is 0 Å². The number of hydrogen-bond donors (Lipinski definition) is 2. The second-order valence-corrected chi connectivity index (χ2v) is 6.02. The Morgan fingerprint density at radius 3 is 2.45 bits per heavy atom. The third kappa shape index (κ3) is 6.34. The molecule has 1 rings (SSSR count). The Hall–Kier alpha value is -1.14. The molecule has 0 bridgehead atoms. The Morgan fingerprint density at radius 1 is 1.30 bits per heavy atom. The predicted molar refractivity (Wildman–Crippen MR) is 77.4 cm³/mol. The van der Waals surface area contributed by atoms with Gasteiger partial charge in [0.15, 0.2) is 0 Å². The lowest BCUT2D eigenvalue weighted by molar-refractivity contribution is -0.121. The summed E-state index contributed by atoms with van der Waals surface area (Å²) in [6.45, 7) is 8.74. The summed E-state index contributed by atoms with van der Waals surface area (Å²) in [6, 6.07) is -0.583. The van der Waals surface area contributed by atoms with Crippen LogP contribution in [0.1, 0.15) is 27.2 Å². The molecule has 0 aromatic heterocycles. The van der Waals surface area contributed by atoms with Crippen molar-refractivity contribution in [3.63, 3.8) is 0 Å². The SMILES string of the molecule is COCC(C)NC(=O)NC(=O)CN1CC(C)CC(C)C1. The van der Waals surface area contributed by atoms with E-state index in [9.17, 15) is 9.59 Å². The van der Waals surface area contributed by atoms with Crippen molar-refractivity contribution in [1.29, 1.82) is 0 Å². The van der Waals surface area contributed by atoms with Crippen molar-refractivity contribution in [3.8, 4) is 0 Å². The van der Waals surface area contributed by atoms with E-state index in [1.807, 2.05) is 6.92 Å². The molecule has 116 valence electrons. The van der Waals surface area contributed by atoms with Crippen LogP contribution in [0.15, 0.2) is 0 Å². The molecule has 0 aromatic rings. The summed E-state index contributed by atoms with van der Waals surface area (Å²) < 4.78 is 4.92. The minimum atomic E-state index is -0.461. The Kier molecular flexibility index (Phi) is 6.95. The third-order valence-electron chi connectivity index (χ3n) is 3.36. The van der Waals surface area contributed by atoms with Crippen LogP contribution >= 0.6 is 0 Å². The molecule has 1 aliphatic heterocycles. The van der Waals surface area contributed by atoms with Gasteiger partial charge in [0.25, 0.3) is 0 Å². The van der Waals surface area contributed by atoms with Gasteiger partial charge in [-0.1, -0.05) is 13.8 Å². The van der Waals surface area contributed by atoms with Gasteiger partial charge in [-0.2, -0.15) is 0 Å². The van der Waals surface area contributed by atoms with Gasteiger partial charge in [0, 0.05) is 20.2 Å². The van der Waals surface area contributed by atoms with Crippen LogP contribution in [0.3, 0.4) is 0 Å². The van der Waals surface area contributed by atoms with E-state index in [2.05, 4.69) is 29.4 Å². The molecule has 6 nitrogen and oxygen atoms in total. The molecular formula is C14H27N3O3. The predicted octanol–water partition coefficient (Wildman–Crippen LogP) is 0.825. The lowest BCUT2D eigenvalue weighted by Gasteiger charge is -2.34. The monoisotopic (exact) mass is 285 g/mol. The number of nitrogens with one attached hydrogen (secondary N) is 2. The number of nitrogens with zero attached hydrogens (tertiary/aromatic N) is 1. The lowest BCUT2D eigenvalue weighted by Crippen LogP contribution is -2.49. The summed E-state index contributed by atoms with van der Waals surface area (Å²) >= 11 is 0. The average Bonchev–Trinajstić information content (AvgIpc) is 2.26. The van der Waals surface area contributed by atoms with Crippen LogP contribution in [-0.2, 0) is 9.53 Å². The van der Waals surface area contributed by atoms with Crippen LogP contribution < -0.4 is 10.6 Å². The summed E-state index contributed by atoms with van der Waals surface area (Å²) in [7, 11) is 1.57. The molecule has 0 aliphatic carbocycles. The fourth-order valence-electron chi connectivity index (χ4n) is 2.84. The normalized spacial score (nSPS) is 25.0. The van der Waals surface area contributed by atoms with Crippen LogP contribution in [0.25, 0.3) is 0 Å². The zero-order valence-corrected chi connectivity index (χ0v) is 12.9. The summed E-state index contributed by atoms with van der Waals surface area (Å²) in [5.41, 5.74) is 0. The molecule has 0 saturated carbocycles. The first-order chi connectivity index (χ1) is 9.40. The maximum Gasteiger partial charge on any atom is 0.321 e. The molecule has 3 unspecified atom stereocenters. The Bertz CT molecular complexity index is 326. The molecule has 1 fully saturated rings. The number of methoxy groups -OCH3 is 1. The van der Waals surface area contributed by atoms with Gasteiger partial charge >= 0.3 is 6.03 Å². The first-order valence-corrected chi connectivity index (χ1v) is 7.22. The van der Waals surface area contributed by atoms with Gasteiger partial charge in [0.1, 0.15) is 0 Å². The fraction of sp³-hybridized carbons (Fsp3) is 0.857. The van der Waals surface area contributed by atoms with Crippen molar-refractivity contribution in [2.24, 2.45) is 11.8 Å². The smallest absolute Gasteiger partial charge is 0.321 e. The maximum absolute atomic E-state index is 11.8. The van der Waals surface area contributed by atoms with Crippen LogP contribution in [0, 0.1) is 11.8 Å². The fourth-order valence-corrected chi connectivity index (χ4v) is 2.84. The number of ether oxygens (including phenoxy) is 1. The minimum absolute atomic E-state index is 0.122. The van der Waals surface area contributed by atoms with E-state index >= 15 is 0 Å². The number of amides is 3. The molecule has 0 spiro atoms. The van der Waals surface area contributed by atoms with Gasteiger partial charge in [0.2, 0.25) is 5.91 Å². The number of carbonyl (C=O) groups is 2. The molecular weight excluding hydrogens is 258 g/mol. The molecule has 20 heavy (non-hydrogen) atoms. The van der Waals surface area contributed by atoms with Crippen molar-refractivity contribution in [2.75, 3.05) is 33.4 Å². The van der Waals surface area contributed by atoms with E-state index in [4.69, 9.17) is 4.74 Å². The summed E-state index contributed by atoms with van der Waals surface area (Å²) in [5, 5.41) is 5.01. The molecule has 0 aromatic carbocycles. The molecule has 1 heterocycles. The first-order valence-electron chi connectivity index (χ1n) is 7.22. The highest BCUT2D eigenvalue weighted by atomic mass is 16.5. The average molecular weight is 285 g/mol. The van der Waals surface area contributed by atoms with Crippen LogP contribution in [0.5, 0.6) is 0 Å². The number of urea groups is 1. The van der Waals surface area contributed by atoms with Gasteiger partial charge < -0.3 is 10.1 Å². The number of hydrogen-bond acceptors (Lipinski definition) is 4. The van der Waals surface area contributed by atoms with E-state index in [0.717, 1.165) is 13.1 Å². The largest absolute Gasteiger partial charge is 0.383 e. The van der Waals surface area contributed by atoms with Crippen molar-refractivity contribution in [1.82, 2.24) is 15.5 Å². The second-order valence-electron chi connectivity index (χ2n) is 6.02. The second kappa shape index (κ2) is 8.21. The van der Waals surface area contributed by atoms with Crippen LogP contribution in [-0.4, -0.2) is 56.2 Å². The van der Waals surface area contributed by atoms with Crippen LogP contribution in [0.4, 0.5) is 4.79 Å². The molecule has 1 aliphatic rings. The first kappa shape index (κ1) is 16.9. The molecule has 6 heteroatoms. The molecule has 2 N–H and O–H groups in total. The number of imide groups is 1. The number of likely N-dealkylation sites (tertiary alicyclic amines) is 1. The Morgan fingerprint density at radius 2 is 1.90 bits per heavy atom. The minimum Gasteiger partial charge on any atom is -0.383 e. The third-order valence-corrected chi connectivity index (χ3v) is 3.36. The van der Waals surface area contributed by atoms with Gasteiger partial charge in [-0.05, 0) is 25.2 Å². The summed E-state index contributed by atoms with van der Waals surface area (Å²) in [6.07, 6.45) is 1.20. The van der Waals surface area contributed by atoms with E-state index in [0.29, 0.717) is 18.4 Å². The van der Waals surface area contributed by atoms with E-state index in [1.165, 1.54) is 6.42 Å². The summed E-state index contributed by atoms with van der Waals surface area (Å²) in [5.74, 6) is 0.942. The maximum atomic E-state index is 11.8. The molecule has 0 radical (unpaired) electrons. The van der Waals surface area contributed by atoms with E-state index in [-0.39, 0.29) is 18.5 Å². The topological polar surface area (TPSA) is 70.7 Å². The zero-order valence-electron chi connectivity index (χ0n) is 12.9. The number of piperidine rings is 1. The highest BCUT2D eigenvalue weighted by Crippen LogP contribution is 2.20. The lowest BCUT2D eigenvalue weighted by atomic mass is 9.92. The van der Waals surface area contributed by atoms with Crippen molar-refractivity contribution in [3.05, 3.63) is 0 Å². The van der Waals surface area contributed by atoms with Crippen molar-refractivity contribution < 1.29 is 14.3 Å². The van der Waals surface area contributed by atoms with Gasteiger partial charge in [-0.25, -0.2) is 4.79 Å². The Labute approximate surface area is 121 Å². The van der Waals surface area contributed by atoms with Gasteiger partial charge in [-0.3, -0.25) is 15.0 Å². The number of carbonyl (C=O) groups excluding carboxylic acids is 2. The summed E-state index contributed by atoms with van der Waals surface area (Å²) in [4.78, 5) is 25.5. The van der Waals surface area contributed by atoms with E-state index < -0.39 is 6.03 Å². The van der Waals surface area contributed by atoms with Gasteiger partial charge in [-0.15, -0.1) is 0 Å². The molecule has 3 atom stereocenters. The highest BCUT2D eigenvalue weighted by Gasteiger charge is 2.23. The quantitative estimate of drug-likeness (QED) is 0.785. The van der Waals surface area contributed by atoms with E-state index in [1.54, 1.807) is 7.11 Å². The van der Waals surface area contributed by atoms with Crippen molar-refractivity contribution in [2.45, 2.75) is 33.2 Å². The van der Waals surface area contributed by atoms with Crippen molar-refractivity contribution >= 4 is 11.9 Å². The Balaban J connectivity index is 2.30. The zero-order chi connectivity index (χ0) is 15.1. The van der Waals surface area contributed by atoms with Gasteiger partial charge in [0.05, 0.1) is 19.2 Å². The standard InChI is InChI=1S/C14H27N3O3/c1-10-5-11(2)7-17(6-10)8-13(18)16-14(19)15-12(3)9-20-4/h10-12H,5-9H2,1-4H3,(H2,15,16,18,19).